The fourth-order valence-electron chi connectivity index (χ4n) is 2.69. The van der Waals surface area contributed by atoms with Crippen LogP contribution in [0.5, 0.6) is 0 Å². The lowest BCUT2D eigenvalue weighted by atomic mass is 9.90. The lowest BCUT2D eigenvalue weighted by Crippen LogP contribution is -2.45. The zero-order valence-corrected chi connectivity index (χ0v) is 10.4. The minimum Gasteiger partial charge on any atom is -0.378 e. The summed E-state index contributed by atoms with van der Waals surface area (Å²) in [4.78, 5) is 0. The Bertz CT molecular complexity index is 192. The van der Waals surface area contributed by atoms with Gasteiger partial charge in [0.2, 0.25) is 0 Å². The van der Waals surface area contributed by atoms with Gasteiger partial charge >= 0.3 is 0 Å². The van der Waals surface area contributed by atoms with Crippen molar-refractivity contribution in [2.24, 2.45) is 5.92 Å². The van der Waals surface area contributed by atoms with E-state index in [1.807, 2.05) is 0 Å². The van der Waals surface area contributed by atoms with Crippen molar-refractivity contribution in [3.63, 3.8) is 0 Å². The molecule has 1 heterocycles. The maximum absolute atomic E-state index is 5.80. The number of nitrogens with one attached hydrogen (secondary N) is 1. The molecule has 94 valence electrons. The number of morpholine rings is 1. The van der Waals surface area contributed by atoms with Gasteiger partial charge < -0.3 is 14.8 Å². The molecule has 0 radical (unpaired) electrons. The Kier molecular flexibility index (Phi) is 5.07. The summed E-state index contributed by atoms with van der Waals surface area (Å²) in [6.45, 7) is 5.72. The molecule has 0 amide bonds. The van der Waals surface area contributed by atoms with Gasteiger partial charge in [-0.05, 0) is 25.7 Å². The second-order valence-electron chi connectivity index (χ2n) is 5.27. The third-order valence-electron chi connectivity index (χ3n) is 3.61. The van der Waals surface area contributed by atoms with Crippen LogP contribution in [0.1, 0.15) is 39.0 Å². The maximum atomic E-state index is 5.80. The SMILES string of the molecule is C[C@@H]1CNC[C@H](COCC2CCCCC2)O1. The summed E-state index contributed by atoms with van der Waals surface area (Å²) in [6.07, 6.45) is 7.52. The zero-order valence-electron chi connectivity index (χ0n) is 10.4. The van der Waals surface area contributed by atoms with E-state index in [0.29, 0.717) is 6.10 Å². The van der Waals surface area contributed by atoms with Crippen molar-refractivity contribution in [3.8, 4) is 0 Å². The van der Waals surface area contributed by atoms with Crippen molar-refractivity contribution in [1.29, 1.82) is 0 Å². The Hall–Kier alpha value is -0.120. The van der Waals surface area contributed by atoms with Gasteiger partial charge in [-0.25, -0.2) is 0 Å². The molecule has 0 bridgehead atoms. The molecule has 2 atom stereocenters. The van der Waals surface area contributed by atoms with E-state index in [9.17, 15) is 0 Å². The summed E-state index contributed by atoms with van der Waals surface area (Å²) >= 11 is 0. The van der Waals surface area contributed by atoms with Crippen LogP contribution in [0.15, 0.2) is 0 Å². The van der Waals surface area contributed by atoms with Crippen LogP contribution in [0, 0.1) is 5.92 Å². The lowest BCUT2D eigenvalue weighted by Gasteiger charge is -2.29. The molecule has 0 aromatic heterocycles. The molecule has 1 N–H and O–H groups in total. The van der Waals surface area contributed by atoms with Gasteiger partial charge in [-0.3, -0.25) is 0 Å². The molecule has 3 nitrogen and oxygen atoms in total. The Morgan fingerprint density at radius 1 is 1.12 bits per heavy atom. The Labute approximate surface area is 98.9 Å². The van der Waals surface area contributed by atoms with Gasteiger partial charge in [0.15, 0.2) is 0 Å². The monoisotopic (exact) mass is 227 g/mol. The molecule has 0 aromatic carbocycles. The van der Waals surface area contributed by atoms with Crippen LogP contribution in [0.3, 0.4) is 0 Å². The molecule has 3 heteroatoms. The number of hydrogen-bond acceptors (Lipinski definition) is 3. The van der Waals surface area contributed by atoms with E-state index < -0.39 is 0 Å². The minimum atomic E-state index is 0.257. The fourth-order valence-corrected chi connectivity index (χ4v) is 2.69. The highest BCUT2D eigenvalue weighted by molar-refractivity contribution is 4.72. The van der Waals surface area contributed by atoms with Crippen molar-refractivity contribution < 1.29 is 9.47 Å². The highest BCUT2D eigenvalue weighted by Crippen LogP contribution is 2.23. The predicted molar refractivity (Wildman–Crippen MR) is 64.6 cm³/mol. The zero-order chi connectivity index (χ0) is 11.2. The van der Waals surface area contributed by atoms with Gasteiger partial charge in [-0.1, -0.05) is 19.3 Å². The third-order valence-corrected chi connectivity index (χ3v) is 3.61. The number of rotatable bonds is 4. The number of ether oxygens (including phenoxy) is 2. The minimum absolute atomic E-state index is 0.257. The van der Waals surface area contributed by atoms with Crippen LogP contribution < -0.4 is 5.32 Å². The van der Waals surface area contributed by atoms with E-state index in [1.54, 1.807) is 0 Å². The van der Waals surface area contributed by atoms with Crippen molar-refractivity contribution in [1.82, 2.24) is 5.32 Å². The van der Waals surface area contributed by atoms with E-state index in [2.05, 4.69) is 12.2 Å². The molecule has 0 spiro atoms. The highest BCUT2D eigenvalue weighted by atomic mass is 16.5. The Morgan fingerprint density at radius 3 is 2.69 bits per heavy atom. The van der Waals surface area contributed by atoms with Crippen LogP contribution >= 0.6 is 0 Å². The Balaban J connectivity index is 1.56. The summed E-state index contributed by atoms with van der Waals surface area (Å²) < 4.78 is 11.6. The molecular formula is C13H25NO2. The van der Waals surface area contributed by atoms with Gasteiger partial charge in [0.1, 0.15) is 0 Å². The molecule has 1 saturated heterocycles. The van der Waals surface area contributed by atoms with E-state index in [4.69, 9.17) is 9.47 Å². The van der Waals surface area contributed by atoms with Crippen molar-refractivity contribution in [3.05, 3.63) is 0 Å². The van der Waals surface area contributed by atoms with E-state index in [0.717, 1.165) is 32.2 Å². The van der Waals surface area contributed by atoms with Crippen molar-refractivity contribution in [2.75, 3.05) is 26.3 Å². The van der Waals surface area contributed by atoms with Crippen LogP contribution in [0.2, 0.25) is 0 Å². The van der Waals surface area contributed by atoms with Gasteiger partial charge in [0, 0.05) is 19.7 Å². The summed E-state index contributed by atoms with van der Waals surface area (Å²) in [5.41, 5.74) is 0. The average molecular weight is 227 g/mol. The third kappa shape index (κ3) is 4.04. The molecule has 2 fully saturated rings. The second-order valence-corrected chi connectivity index (χ2v) is 5.27. The predicted octanol–water partition coefficient (Wildman–Crippen LogP) is 1.96. The summed E-state index contributed by atoms with van der Waals surface area (Å²) in [6, 6.07) is 0. The lowest BCUT2D eigenvalue weighted by molar-refractivity contribution is -0.0740. The first-order valence-corrected chi connectivity index (χ1v) is 6.78. The molecule has 2 aliphatic rings. The van der Waals surface area contributed by atoms with Crippen LogP contribution in [0.25, 0.3) is 0 Å². The van der Waals surface area contributed by atoms with Gasteiger partial charge in [0.25, 0.3) is 0 Å². The van der Waals surface area contributed by atoms with Crippen molar-refractivity contribution >= 4 is 0 Å². The first-order valence-electron chi connectivity index (χ1n) is 6.78. The molecule has 1 saturated carbocycles. The summed E-state index contributed by atoms with van der Waals surface area (Å²) in [7, 11) is 0. The first-order chi connectivity index (χ1) is 7.84. The van der Waals surface area contributed by atoms with Crippen LogP contribution in [0.4, 0.5) is 0 Å². The van der Waals surface area contributed by atoms with Crippen LogP contribution in [-0.2, 0) is 9.47 Å². The maximum Gasteiger partial charge on any atom is 0.0936 e. The molecule has 16 heavy (non-hydrogen) atoms. The quantitative estimate of drug-likeness (QED) is 0.796. The smallest absolute Gasteiger partial charge is 0.0936 e. The normalized spacial score (nSPS) is 32.8. The van der Waals surface area contributed by atoms with E-state index in [-0.39, 0.29) is 6.10 Å². The van der Waals surface area contributed by atoms with Crippen LogP contribution in [-0.4, -0.2) is 38.5 Å². The van der Waals surface area contributed by atoms with Gasteiger partial charge in [0.05, 0.1) is 18.8 Å². The summed E-state index contributed by atoms with van der Waals surface area (Å²) in [5.74, 6) is 0.808. The number of hydrogen-bond donors (Lipinski definition) is 1. The Morgan fingerprint density at radius 2 is 1.94 bits per heavy atom. The molecule has 2 rings (SSSR count). The van der Waals surface area contributed by atoms with Gasteiger partial charge in [-0.15, -0.1) is 0 Å². The molecule has 1 aliphatic carbocycles. The second kappa shape index (κ2) is 6.58. The van der Waals surface area contributed by atoms with Gasteiger partial charge in [-0.2, -0.15) is 0 Å². The molecule has 1 aliphatic heterocycles. The fraction of sp³-hybridized carbons (Fsp3) is 1.00. The topological polar surface area (TPSA) is 30.5 Å². The summed E-state index contributed by atoms with van der Waals surface area (Å²) in [5, 5.41) is 3.37. The molecule has 0 aromatic rings. The molecular weight excluding hydrogens is 202 g/mol. The van der Waals surface area contributed by atoms with E-state index in [1.165, 1.54) is 32.1 Å². The standard InChI is InChI=1S/C13H25NO2/c1-11-7-14-8-13(16-11)10-15-9-12-5-3-2-4-6-12/h11-14H,2-10H2,1H3/t11-,13-/m1/s1. The largest absolute Gasteiger partial charge is 0.378 e. The highest BCUT2D eigenvalue weighted by Gasteiger charge is 2.19. The van der Waals surface area contributed by atoms with E-state index >= 15 is 0 Å². The average Bonchev–Trinajstić information content (AvgIpc) is 2.30. The van der Waals surface area contributed by atoms with Crippen molar-refractivity contribution in [2.45, 2.75) is 51.2 Å². The first kappa shape index (κ1) is 12.3. The molecule has 0 unspecified atom stereocenters.